The molecule has 9 rings (SSSR count). The molecule has 3 aromatic heterocycles. The Balaban J connectivity index is 0.653. The fraction of sp³-hybridized carbons (Fsp3) is 0.393. The second kappa shape index (κ2) is 26.5. The van der Waals surface area contributed by atoms with Crippen molar-refractivity contribution in [1.29, 1.82) is 0 Å². The average Bonchev–Trinajstić information content (AvgIpc) is 2.73. The molecule has 2 aliphatic rings. The van der Waals surface area contributed by atoms with E-state index in [-0.39, 0.29) is 67.5 Å². The zero-order valence-corrected chi connectivity index (χ0v) is 48.8. The largest absolute Gasteiger partial charge is 0.416 e. The quantitative estimate of drug-likeness (QED) is 0.0356. The van der Waals surface area contributed by atoms with Crippen LogP contribution in [-0.2, 0) is 38.4 Å². The molecule has 0 bridgehead atoms. The molecule has 2 fully saturated rings. The van der Waals surface area contributed by atoms with Gasteiger partial charge in [-0.2, -0.15) is 23.4 Å². The van der Waals surface area contributed by atoms with E-state index in [4.69, 9.17) is 0 Å². The van der Waals surface area contributed by atoms with Crippen LogP contribution in [0.2, 0.25) is 0 Å². The monoisotopic (exact) mass is 1190 g/mol. The zero-order valence-electron chi connectivity index (χ0n) is 48.0. The molecule has 7 aromatic rings. The lowest BCUT2D eigenvalue weighted by Gasteiger charge is -2.36. The number of fused-ring (bicyclic) bond motifs is 1. The molecule has 24 heteroatoms. The number of carbonyl (C=O) groups is 6. The highest BCUT2D eigenvalue weighted by atomic mass is 32.1. The topological polar surface area (TPSA) is 252 Å². The van der Waals surface area contributed by atoms with Crippen LogP contribution in [0.4, 0.5) is 35.2 Å². The second-order valence-electron chi connectivity index (χ2n) is 22.7. The van der Waals surface area contributed by atoms with E-state index in [0.717, 1.165) is 58.3 Å². The maximum Gasteiger partial charge on any atom is 0.416 e. The Morgan fingerprint density at radius 3 is 2.25 bits per heavy atom. The molecule has 0 unspecified atom stereocenters. The lowest BCUT2D eigenvalue weighted by molar-refractivity contribution is -0.144. The van der Waals surface area contributed by atoms with Crippen LogP contribution in [0.5, 0.6) is 0 Å². The molecule has 7 N–H and O–H groups in total. The summed E-state index contributed by atoms with van der Waals surface area (Å²) in [6.45, 7) is 11.6. The number of halogens is 3. The van der Waals surface area contributed by atoms with Crippen molar-refractivity contribution in [2.24, 2.45) is 5.41 Å². The number of amides is 7. The molecule has 0 spiro atoms. The molecular weight excluding hydrogens is 1120 g/mol. The Hall–Kier alpha value is -8.64. The van der Waals surface area contributed by atoms with E-state index in [1.54, 1.807) is 46.8 Å². The van der Waals surface area contributed by atoms with Gasteiger partial charge in [-0.1, -0.05) is 70.0 Å². The number of urea groups is 1. The lowest BCUT2D eigenvalue weighted by Crippen LogP contribution is -2.57. The number of aromatic nitrogens is 5. The van der Waals surface area contributed by atoms with Crippen LogP contribution in [-0.4, -0.2) is 133 Å². The number of unbranched alkanes of at least 4 members (excludes halogenated alkanes) is 3. The van der Waals surface area contributed by atoms with Crippen LogP contribution in [0, 0.1) is 19.3 Å². The first kappa shape index (κ1) is 60.9. The summed E-state index contributed by atoms with van der Waals surface area (Å²) in [4.78, 5) is 90.7. The van der Waals surface area contributed by atoms with Gasteiger partial charge in [-0.05, 0) is 103 Å². The van der Waals surface area contributed by atoms with Gasteiger partial charge in [0.2, 0.25) is 23.6 Å². The Bertz CT molecular complexity index is 3530. The van der Waals surface area contributed by atoms with Crippen LogP contribution < -0.4 is 31.5 Å². The summed E-state index contributed by atoms with van der Waals surface area (Å²) in [5, 5.41) is 37.1. The van der Waals surface area contributed by atoms with E-state index in [1.165, 1.54) is 28.6 Å². The number of benzene rings is 4. The number of nitrogens with zero attached hydrogens (tertiary/aromatic N) is 7. The summed E-state index contributed by atoms with van der Waals surface area (Å²) in [5.74, 6) is -1.62. The van der Waals surface area contributed by atoms with Crippen molar-refractivity contribution in [2.45, 2.75) is 111 Å². The number of aliphatic hydroxyl groups excluding tert-OH is 1. The summed E-state index contributed by atoms with van der Waals surface area (Å²) >= 11 is 1.57. The summed E-state index contributed by atoms with van der Waals surface area (Å²) in [6.07, 6.45) is 0.949. The van der Waals surface area contributed by atoms with Crippen LogP contribution >= 0.6 is 11.3 Å². The summed E-state index contributed by atoms with van der Waals surface area (Å²) in [6, 6.07) is 22.2. The van der Waals surface area contributed by atoms with Gasteiger partial charge in [0.15, 0.2) is 5.82 Å². The highest BCUT2D eigenvalue weighted by Gasteiger charge is 2.44. The third kappa shape index (κ3) is 15.4. The number of aliphatic hydroxyl groups is 1. The summed E-state index contributed by atoms with van der Waals surface area (Å²) < 4.78 is 41.5. The molecule has 3 atom stereocenters. The maximum atomic E-state index is 14.1. The molecule has 448 valence electrons. The fourth-order valence-electron chi connectivity index (χ4n) is 10.5. The van der Waals surface area contributed by atoms with Crippen molar-refractivity contribution in [3.63, 3.8) is 0 Å². The van der Waals surface area contributed by atoms with Gasteiger partial charge in [-0.15, -0.1) is 11.3 Å². The Morgan fingerprint density at radius 1 is 0.812 bits per heavy atom. The molecule has 5 heterocycles. The molecule has 0 aliphatic carbocycles. The number of hydrogen-bond acceptors (Lipinski definition) is 12. The molecule has 85 heavy (non-hydrogen) atoms. The van der Waals surface area contributed by atoms with E-state index in [0.29, 0.717) is 67.0 Å². The first-order chi connectivity index (χ1) is 40.6. The van der Waals surface area contributed by atoms with Gasteiger partial charge in [0, 0.05) is 92.7 Å². The number of nitrogens with one attached hydrogen (secondary N) is 6. The number of aryl methyl sites for hydroxylation is 2. The molecular formula is C61H70F3N13O7S. The van der Waals surface area contributed by atoms with E-state index in [2.05, 4.69) is 51.8 Å². The fourth-order valence-corrected chi connectivity index (χ4v) is 11.3. The van der Waals surface area contributed by atoms with Crippen LogP contribution in [0.1, 0.15) is 92.0 Å². The van der Waals surface area contributed by atoms with Gasteiger partial charge in [0.1, 0.15) is 18.6 Å². The minimum absolute atomic E-state index is 0.00934. The predicted octanol–water partition coefficient (Wildman–Crippen LogP) is 8.67. The summed E-state index contributed by atoms with van der Waals surface area (Å²) in [7, 11) is 0. The van der Waals surface area contributed by atoms with Gasteiger partial charge in [0.05, 0.1) is 39.5 Å². The SMILES string of the molecule is Cc1ccc(NC(=O)Cn2cc(-c3ccc4c(NC(=O)c5ccc(N6CCN(C(=O)NCCCCCCC(=O)N[C@H](C(=O)N7C[C@H](O)C[C@H]7C(=O)NCc7ccc(-c8scnc8C)cc7)C(C)(C)C)CC6)cc5)n[nH]c4c3)cn2)cc1C(F)(F)F. The third-order valence-electron chi connectivity index (χ3n) is 15.3. The van der Waals surface area contributed by atoms with E-state index in [9.17, 15) is 47.0 Å². The van der Waals surface area contributed by atoms with Crippen LogP contribution in [0.3, 0.4) is 0 Å². The van der Waals surface area contributed by atoms with Crippen molar-refractivity contribution in [2.75, 3.05) is 54.8 Å². The van der Waals surface area contributed by atoms with Crippen LogP contribution in [0.25, 0.3) is 32.5 Å². The smallest absolute Gasteiger partial charge is 0.391 e. The number of H-pyrrole nitrogens is 1. The molecule has 20 nitrogen and oxygen atoms in total. The molecule has 4 aromatic carbocycles. The minimum atomic E-state index is -4.55. The van der Waals surface area contributed by atoms with E-state index >= 15 is 0 Å². The summed E-state index contributed by atoms with van der Waals surface area (Å²) in [5.41, 5.74) is 6.68. The highest BCUT2D eigenvalue weighted by Crippen LogP contribution is 2.34. The zero-order chi connectivity index (χ0) is 60.6. The standard InChI is InChI=1S/C61H70F3N13O7S/c1-37-11-19-44(29-48(37)61(62,63)64)69-52(80)35-76-33-43(32-68-76)42-18-22-47-49(28-42)72-73-55(47)71-56(81)41-16-20-45(21-17-41)74-24-26-75(27-25-74)59(84)65-23-9-7-6-8-10-51(79)70-54(60(3,4)5)58(83)77-34-46(78)30-50(77)57(82)66-31-39-12-14-40(15-13-39)53-38(2)67-36-85-53/h11-22,28-29,32-33,36,46,50,54,78H,6-10,23-27,30-31,34-35H2,1-5H3,(H,65,84)(H,66,82)(H,69,80)(H,70,79)(H2,71,72,73,81)/t46-,50+,54-/m1/s1. The second-order valence-corrected chi connectivity index (χ2v) is 23.5. The van der Waals surface area contributed by atoms with Gasteiger partial charge in [-0.25, -0.2) is 9.78 Å². The number of alkyl halides is 3. The predicted molar refractivity (Wildman–Crippen MR) is 318 cm³/mol. The first-order valence-electron chi connectivity index (χ1n) is 28.3. The molecule has 2 saturated heterocycles. The minimum Gasteiger partial charge on any atom is -0.391 e. The third-order valence-corrected chi connectivity index (χ3v) is 16.3. The van der Waals surface area contributed by atoms with E-state index in [1.807, 2.05) is 81.7 Å². The maximum absolute atomic E-state index is 14.1. The van der Waals surface area contributed by atoms with Crippen molar-refractivity contribution in [3.8, 4) is 21.6 Å². The number of carbonyl (C=O) groups excluding carboxylic acids is 6. The number of anilines is 3. The normalized spacial score (nSPS) is 15.8. The number of thiazole rings is 1. The Kier molecular flexibility index (Phi) is 19.0. The Labute approximate surface area is 493 Å². The molecule has 0 radical (unpaired) electrons. The highest BCUT2D eigenvalue weighted by molar-refractivity contribution is 7.13. The molecule has 7 amide bonds. The molecule has 2 aliphatic heterocycles. The Morgan fingerprint density at radius 2 is 1.54 bits per heavy atom. The van der Waals surface area contributed by atoms with Gasteiger partial charge >= 0.3 is 12.2 Å². The molecule has 0 saturated carbocycles. The van der Waals surface area contributed by atoms with E-state index < -0.39 is 47.2 Å². The first-order valence-corrected chi connectivity index (χ1v) is 29.2. The average molecular weight is 1190 g/mol. The number of piperazine rings is 1. The number of rotatable bonds is 20. The van der Waals surface area contributed by atoms with Crippen molar-refractivity contribution >= 4 is 75.0 Å². The van der Waals surface area contributed by atoms with Crippen molar-refractivity contribution in [1.82, 2.24) is 50.7 Å². The van der Waals surface area contributed by atoms with Gasteiger partial charge in [-0.3, -0.25) is 33.8 Å². The van der Waals surface area contributed by atoms with Crippen molar-refractivity contribution in [3.05, 3.63) is 131 Å². The van der Waals surface area contributed by atoms with Gasteiger partial charge < -0.3 is 46.4 Å². The number of β-amino-alcohol motifs (C(OH)–C–C–N with tert-alkyl or cyclic N) is 1. The van der Waals surface area contributed by atoms with Crippen molar-refractivity contribution < 1.29 is 47.0 Å². The van der Waals surface area contributed by atoms with Gasteiger partial charge in [0.25, 0.3) is 5.91 Å². The lowest BCUT2D eigenvalue weighted by atomic mass is 9.85. The van der Waals surface area contributed by atoms with Crippen LogP contribution in [0.15, 0.2) is 103 Å². The number of hydrogen-bond donors (Lipinski definition) is 7. The number of aromatic amines is 1. The number of likely N-dealkylation sites (tertiary alicyclic amines) is 1.